The molecule has 1 saturated heterocycles. The molecule has 2 heterocycles. The van der Waals surface area contributed by atoms with Gasteiger partial charge in [-0.3, -0.25) is 10.00 Å². The molecule has 0 bridgehead atoms. The zero-order valence-electron chi connectivity index (χ0n) is 11.4. The van der Waals surface area contributed by atoms with Crippen molar-refractivity contribution in [1.29, 1.82) is 0 Å². The molecule has 20 heavy (non-hydrogen) atoms. The summed E-state index contributed by atoms with van der Waals surface area (Å²) in [5.74, 6) is 0. The second-order valence-corrected chi connectivity index (χ2v) is 6.34. The number of H-pyrrole nitrogens is 1. The summed E-state index contributed by atoms with van der Waals surface area (Å²) in [6.45, 7) is 5.14. The first-order valence-electron chi connectivity index (χ1n) is 6.49. The highest BCUT2D eigenvalue weighted by Gasteiger charge is 2.23. The summed E-state index contributed by atoms with van der Waals surface area (Å²) >= 11 is 0. The van der Waals surface area contributed by atoms with Gasteiger partial charge in [0.1, 0.15) is 10.6 Å². The molecule has 0 aliphatic carbocycles. The maximum absolute atomic E-state index is 12.2. The number of aromatic nitrogens is 2. The van der Waals surface area contributed by atoms with Crippen molar-refractivity contribution in [3.05, 3.63) is 11.4 Å². The molecule has 0 saturated carbocycles. The van der Waals surface area contributed by atoms with Crippen LogP contribution in [0, 0.1) is 6.92 Å². The van der Waals surface area contributed by atoms with Crippen molar-refractivity contribution in [2.75, 3.05) is 39.4 Å². The van der Waals surface area contributed by atoms with Crippen LogP contribution in [0.25, 0.3) is 0 Å². The van der Waals surface area contributed by atoms with Crippen LogP contribution >= 0.6 is 0 Å². The van der Waals surface area contributed by atoms with E-state index in [0.717, 1.165) is 13.1 Å². The minimum atomic E-state index is -3.65. The number of rotatable bonds is 6. The molecule has 114 valence electrons. The molecule has 0 unspecified atom stereocenters. The third-order valence-corrected chi connectivity index (χ3v) is 4.87. The molecule has 1 aromatic heterocycles. The summed E-state index contributed by atoms with van der Waals surface area (Å²) in [5, 5.41) is 15.5. The number of hydrogen-bond acceptors (Lipinski definition) is 6. The fraction of sp³-hybridized carbons (Fsp3) is 0.727. The van der Waals surface area contributed by atoms with Crippen LogP contribution < -0.4 is 4.72 Å². The Morgan fingerprint density at radius 1 is 1.45 bits per heavy atom. The zero-order valence-corrected chi connectivity index (χ0v) is 12.2. The first-order valence-corrected chi connectivity index (χ1v) is 7.97. The molecule has 8 nitrogen and oxygen atoms in total. The summed E-state index contributed by atoms with van der Waals surface area (Å²) in [4.78, 5) is 2.18. The van der Waals surface area contributed by atoms with Crippen molar-refractivity contribution in [1.82, 2.24) is 19.8 Å². The number of morpholine rings is 1. The van der Waals surface area contributed by atoms with Crippen LogP contribution in [0.15, 0.2) is 4.90 Å². The van der Waals surface area contributed by atoms with Crippen LogP contribution in [0.2, 0.25) is 0 Å². The molecule has 0 spiro atoms. The molecule has 1 fully saturated rings. The molecular formula is C11H20N4O4S. The topological polar surface area (TPSA) is 108 Å². The zero-order chi connectivity index (χ0) is 14.6. The molecular weight excluding hydrogens is 284 g/mol. The molecule has 9 heteroatoms. The summed E-state index contributed by atoms with van der Waals surface area (Å²) in [5.41, 5.74) is 0.564. The second-order valence-electron chi connectivity index (χ2n) is 4.63. The fourth-order valence-electron chi connectivity index (χ4n) is 2.17. The van der Waals surface area contributed by atoms with Gasteiger partial charge >= 0.3 is 0 Å². The Hall–Kier alpha value is -1.00. The first-order chi connectivity index (χ1) is 9.54. The third-order valence-electron chi connectivity index (χ3n) is 3.20. The number of aliphatic hydroxyl groups is 1. The van der Waals surface area contributed by atoms with Gasteiger partial charge in [-0.25, -0.2) is 13.1 Å². The predicted molar refractivity (Wildman–Crippen MR) is 71.7 cm³/mol. The Balaban J connectivity index is 1.95. The lowest BCUT2D eigenvalue weighted by Crippen LogP contribution is -2.41. The van der Waals surface area contributed by atoms with Gasteiger partial charge in [0.25, 0.3) is 0 Å². The fourth-order valence-corrected chi connectivity index (χ4v) is 3.54. The highest BCUT2D eigenvalue weighted by Crippen LogP contribution is 2.17. The highest BCUT2D eigenvalue weighted by molar-refractivity contribution is 7.89. The molecule has 1 aliphatic rings. The number of aromatic amines is 1. The van der Waals surface area contributed by atoms with Crippen LogP contribution in [-0.4, -0.2) is 68.0 Å². The maximum Gasteiger partial charge on any atom is 0.244 e. The average molecular weight is 304 g/mol. The van der Waals surface area contributed by atoms with Crippen LogP contribution in [0.4, 0.5) is 0 Å². The SMILES string of the molecule is Cc1[nH]nc(CO)c1S(=O)(=O)NCCN1CCOCC1. The molecule has 2 rings (SSSR count). The van der Waals surface area contributed by atoms with Gasteiger partial charge in [-0.1, -0.05) is 0 Å². The van der Waals surface area contributed by atoms with Crippen LogP contribution in [0.3, 0.4) is 0 Å². The van der Waals surface area contributed by atoms with Gasteiger partial charge in [-0.05, 0) is 6.92 Å². The molecule has 0 amide bonds. The van der Waals surface area contributed by atoms with E-state index < -0.39 is 16.6 Å². The van der Waals surface area contributed by atoms with Gasteiger partial charge in [0.2, 0.25) is 10.0 Å². The van der Waals surface area contributed by atoms with E-state index in [1.165, 1.54) is 0 Å². The van der Waals surface area contributed by atoms with Crippen LogP contribution in [0.1, 0.15) is 11.4 Å². The summed E-state index contributed by atoms with van der Waals surface area (Å²) in [6, 6.07) is 0. The largest absolute Gasteiger partial charge is 0.390 e. The number of nitrogens with zero attached hydrogens (tertiary/aromatic N) is 2. The van der Waals surface area contributed by atoms with Crippen molar-refractivity contribution in [3.8, 4) is 0 Å². The Kier molecular flexibility index (Phi) is 5.11. The number of ether oxygens (including phenoxy) is 1. The van der Waals surface area contributed by atoms with Crippen LogP contribution in [0.5, 0.6) is 0 Å². The number of sulfonamides is 1. The van der Waals surface area contributed by atoms with Crippen molar-refractivity contribution in [2.45, 2.75) is 18.4 Å². The summed E-state index contributed by atoms with van der Waals surface area (Å²) in [6.07, 6.45) is 0. The van der Waals surface area contributed by atoms with E-state index in [1.807, 2.05) is 0 Å². The van der Waals surface area contributed by atoms with Gasteiger partial charge < -0.3 is 9.84 Å². The lowest BCUT2D eigenvalue weighted by atomic mass is 10.4. The Bertz CT molecular complexity index is 537. The predicted octanol–water partition coefficient (Wildman–Crippen LogP) is -1.18. The minimum absolute atomic E-state index is 0.0435. The van der Waals surface area contributed by atoms with Crippen molar-refractivity contribution in [3.63, 3.8) is 0 Å². The lowest BCUT2D eigenvalue weighted by molar-refractivity contribution is 0.0390. The third kappa shape index (κ3) is 3.55. The Morgan fingerprint density at radius 3 is 2.80 bits per heavy atom. The second kappa shape index (κ2) is 6.64. The maximum atomic E-state index is 12.2. The van der Waals surface area contributed by atoms with E-state index in [-0.39, 0.29) is 10.6 Å². The number of hydrogen-bond donors (Lipinski definition) is 3. The standard InChI is InChI=1S/C11H20N4O4S/c1-9-11(10(8-16)14-13-9)20(17,18)12-2-3-15-4-6-19-7-5-15/h12,16H,2-8H2,1H3,(H,13,14). The van der Waals surface area contributed by atoms with Gasteiger partial charge in [0.15, 0.2) is 0 Å². The Morgan fingerprint density at radius 2 is 2.15 bits per heavy atom. The highest BCUT2D eigenvalue weighted by atomic mass is 32.2. The molecule has 1 aliphatic heterocycles. The number of aryl methyl sites for hydroxylation is 1. The number of aliphatic hydroxyl groups excluding tert-OH is 1. The van der Waals surface area contributed by atoms with E-state index in [4.69, 9.17) is 9.84 Å². The van der Waals surface area contributed by atoms with E-state index in [1.54, 1.807) is 6.92 Å². The van der Waals surface area contributed by atoms with E-state index in [2.05, 4.69) is 19.8 Å². The smallest absolute Gasteiger partial charge is 0.244 e. The first kappa shape index (κ1) is 15.4. The molecule has 0 radical (unpaired) electrons. The van der Waals surface area contributed by atoms with Crippen molar-refractivity contribution in [2.24, 2.45) is 0 Å². The molecule has 1 aromatic rings. The van der Waals surface area contributed by atoms with Gasteiger partial charge in [-0.2, -0.15) is 5.10 Å². The quantitative estimate of drug-likeness (QED) is 0.611. The van der Waals surface area contributed by atoms with E-state index in [9.17, 15) is 8.42 Å². The van der Waals surface area contributed by atoms with Crippen LogP contribution in [-0.2, 0) is 21.4 Å². The monoisotopic (exact) mass is 304 g/mol. The molecule has 0 atom stereocenters. The molecule has 3 N–H and O–H groups in total. The summed E-state index contributed by atoms with van der Waals surface area (Å²) in [7, 11) is -3.65. The average Bonchev–Trinajstić information content (AvgIpc) is 2.81. The van der Waals surface area contributed by atoms with E-state index in [0.29, 0.717) is 32.0 Å². The molecule has 0 aromatic carbocycles. The van der Waals surface area contributed by atoms with Gasteiger partial charge in [0.05, 0.1) is 25.5 Å². The van der Waals surface area contributed by atoms with Gasteiger partial charge in [0, 0.05) is 26.2 Å². The number of nitrogens with one attached hydrogen (secondary N) is 2. The van der Waals surface area contributed by atoms with Crippen molar-refractivity contribution >= 4 is 10.0 Å². The van der Waals surface area contributed by atoms with E-state index >= 15 is 0 Å². The Labute approximate surface area is 118 Å². The lowest BCUT2D eigenvalue weighted by Gasteiger charge is -2.26. The minimum Gasteiger partial charge on any atom is -0.390 e. The normalized spacial score (nSPS) is 17.5. The summed E-state index contributed by atoms with van der Waals surface area (Å²) < 4.78 is 32.2. The van der Waals surface area contributed by atoms with Crippen molar-refractivity contribution < 1.29 is 18.3 Å². The van der Waals surface area contributed by atoms with Gasteiger partial charge in [-0.15, -0.1) is 0 Å².